The van der Waals surface area contributed by atoms with E-state index in [9.17, 15) is 0 Å². The van der Waals surface area contributed by atoms with Gasteiger partial charge >= 0.3 is 0 Å². The zero-order valence-corrected chi connectivity index (χ0v) is 15.1. The van der Waals surface area contributed by atoms with Crippen molar-refractivity contribution >= 4 is 28.7 Å². The first-order valence-corrected chi connectivity index (χ1v) is 9.62. The fraction of sp³-hybridized carbons (Fsp3) is 0.167. The molecular weight excluding hydrogens is 336 g/mol. The van der Waals surface area contributed by atoms with Gasteiger partial charge in [0.15, 0.2) is 16.6 Å². The van der Waals surface area contributed by atoms with E-state index in [0.717, 1.165) is 38.5 Å². The molecule has 0 atom stereocenters. The molecule has 0 fully saturated rings. The zero-order valence-electron chi connectivity index (χ0n) is 13.4. The van der Waals surface area contributed by atoms with Gasteiger partial charge in [-0.3, -0.25) is 0 Å². The number of thioether (sulfide) groups is 1. The Morgan fingerprint density at radius 2 is 1.96 bits per heavy atom. The lowest BCUT2D eigenvalue weighted by Gasteiger charge is -2.04. The van der Waals surface area contributed by atoms with Crippen molar-refractivity contribution in [3.8, 4) is 22.0 Å². The predicted molar refractivity (Wildman–Crippen MR) is 101 cm³/mol. The highest BCUT2D eigenvalue weighted by atomic mass is 32.2. The summed E-state index contributed by atoms with van der Waals surface area (Å²) >= 11 is 3.31. The number of hydrogen-bond acceptors (Lipinski definition) is 5. The summed E-state index contributed by atoms with van der Waals surface area (Å²) in [5, 5.41) is 7.61. The molecule has 4 rings (SSSR count). The Morgan fingerprint density at radius 3 is 2.67 bits per heavy atom. The summed E-state index contributed by atoms with van der Waals surface area (Å²) in [5.41, 5.74) is 4.08. The average molecular weight is 352 g/mol. The number of aromatic nitrogens is 4. The van der Waals surface area contributed by atoms with Crippen molar-refractivity contribution in [1.82, 2.24) is 19.6 Å². The minimum Gasteiger partial charge on any atom is -0.203 e. The SMILES string of the molecule is CCSc1nc(-c2cccs2)n2nc(-c3ccc(C)cc3)cc2n1. The molecule has 0 unspecified atom stereocenters. The van der Waals surface area contributed by atoms with E-state index < -0.39 is 0 Å². The molecule has 3 aromatic heterocycles. The van der Waals surface area contributed by atoms with E-state index in [-0.39, 0.29) is 0 Å². The molecule has 3 heterocycles. The number of thiophene rings is 1. The van der Waals surface area contributed by atoms with Gasteiger partial charge < -0.3 is 0 Å². The number of nitrogens with zero attached hydrogens (tertiary/aromatic N) is 4. The maximum absolute atomic E-state index is 4.76. The van der Waals surface area contributed by atoms with E-state index in [0.29, 0.717) is 0 Å². The normalized spacial score (nSPS) is 11.2. The zero-order chi connectivity index (χ0) is 16.5. The van der Waals surface area contributed by atoms with Crippen molar-refractivity contribution in [3.63, 3.8) is 0 Å². The molecule has 24 heavy (non-hydrogen) atoms. The third-order valence-corrected chi connectivity index (χ3v) is 5.26. The highest BCUT2D eigenvalue weighted by Gasteiger charge is 2.14. The lowest BCUT2D eigenvalue weighted by atomic mass is 10.1. The van der Waals surface area contributed by atoms with Crippen LogP contribution in [0.2, 0.25) is 0 Å². The van der Waals surface area contributed by atoms with Gasteiger partial charge in [-0.15, -0.1) is 11.3 Å². The van der Waals surface area contributed by atoms with Crippen LogP contribution in [0.25, 0.3) is 27.6 Å². The van der Waals surface area contributed by atoms with Crippen LogP contribution >= 0.6 is 23.1 Å². The first kappa shape index (κ1) is 15.4. The Balaban J connectivity index is 1.91. The summed E-state index contributed by atoms with van der Waals surface area (Å²) < 4.78 is 1.85. The van der Waals surface area contributed by atoms with Crippen molar-refractivity contribution in [2.75, 3.05) is 5.75 Å². The second-order valence-electron chi connectivity index (χ2n) is 5.41. The maximum Gasteiger partial charge on any atom is 0.191 e. The smallest absolute Gasteiger partial charge is 0.191 e. The Morgan fingerprint density at radius 1 is 1.12 bits per heavy atom. The molecule has 4 aromatic rings. The van der Waals surface area contributed by atoms with Crippen LogP contribution in [0.3, 0.4) is 0 Å². The first-order valence-electron chi connectivity index (χ1n) is 7.76. The Bertz CT molecular complexity index is 972. The van der Waals surface area contributed by atoms with Crippen LogP contribution in [0, 0.1) is 6.92 Å². The predicted octanol–water partition coefficient (Wildman–Crippen LogP) is 4.94. The van der Waals surface area contributed by atoms with Gasteiger partial charge in [0.25, 0.3) is 0 Å². The van der Waals surface area contributed by atoms with Crippen molar-refractivity contribution in [2.45, 2.75) is 19.0 Å². The van der Waals surface area contributed by atoms with Crippen molar-refractivity contribution in [1.29, 1.82) is 0 Å². The molecule has 0 saturated carbocycles. The summed E-state index contributed by atoms with van der Waals surface area (Å²) in [6, 6.07) is 14.5. The lowest BCUT2D eigenvalue weighted by Crippen LogP contribution is -2.01. The number of rotatable bonds is 4. The summed E-state index contributed by atoms with van der Waals surface area (Å²) in [4.78, 5) is 10.5. The minimum atomic E-state index is 0.795. The van der Waals surface area contributed by atoms with Crippen LogP contribution in [0.5, 0.6) is 0 Å². The monoisotopic (exact) mass is 352 g/mol. The van der Waals surface area contributed by atoms with Crippen molar-refractivity contribution < 1.29 is 0 Å². The highest BCUT2D eigenvalue weighted by Crippen LogP contribution is 2.28. The molecular formula is C18H16N4S2. The van der Waals surface area contributed by atoms with E-state index in [4.69, 9.17) is 10.1 Å². The van der Waals surface area contributed by atoms with Gasteiger partial charge in [-0.25, -0.2) is 9.97 Å². The topological polar surface area (TPSA) is 43.1 Å². The fourth-order valence-corrected chi connectivity index (χ4v) is 3.76. The molecule has 0 N–H and O–H groups in total. The van der Waals surface area contributed by atoms with E-state index in [1.165, 1.54) is 5.56 Å². The second-order valence-corrected chi connectivity index (χ2v) is 7.58. The van der Waals surface area contributed by atoms with Gasteiger partial charge in [0.2, 0.25) is 0 Å². The van der Waals surface area contributed by atoms with Crippen molar-refractivity contribution in [3.05, 3.63) is 53.4 Å². The van der Waals surface area contributed by atoms with Crippen molar-refractivity contribution in [2.24, 2.45) is 0 Å². The maximum atomic E-state index is 4.76. The summed E-state index contributed by atoms with van der Waals surface area (Å²) in [6.07, 6.45) is 0. The molecule has 0 radical (unpaired) electrons. The third kappa shape index (κ3) is 2.83. The largest absolute Gasteiger partial charge is 0.203 e. The van der Waals surface area contributed by atoms with E-state index in [1.54, 1.807) is 23.1 Å². The molecule has 6 heteroatoms. The van der Waals surface area contributed by atoms with Crippen LogP contribution < -0.4 is 0 Å². The van der Waals surface area contributed by atoms with Crippen LogP contribution in [-0.4, -0.2) is 25.3 Å². The molecule has 0 spiro atoms. The number of fused-ring (bicyclic) bond motifs is 1. The molecule has 0 aliphatic carbocycles. The molecule has 4 nitrogen and oxygen atoms in total. The fourth-order valence-electron chi connectivity index (χ4n) is 2.49. The van der Waals surface area contributed by atoms with Gasteiger partial charge in [0, 0.05) is 11.6 Å². The summed E-state index contributed by atoms with van der Waals surface area (Å²) in [7, 11) is 0. The van der Waals surface area contributed by atoms with E-state index in [1.807, 2.05) is 16.6 Å². The Kier molecular flexibility index (Phi) is 4.08. The quantitative estimate of drug-likeness (QED) is 0.488. The van der Waals surface area contributed by atoms with Gasteiger partial charge in [-0.1, -0.05) is 54.6 Å². The summed E-state index contributed by atoms with van der Waals surface area (Å²) in [6.45, 7) is 4.19. The molecule has 0 amide bonds. The van der Waals surface area contributed by atoms with Crippen LogP contribution in [0.1, 0.15) is 12.5 Å². The Hall–Kier alpha value is -2.18. The second kappa shape index (κ2) is 6.37. The van der Waals surface area contributed by atoms with Crippen LogP contribution in [0.4, 0.5) is 0 Å². The number of benzene rings is 1. The first-order chi connectivity index (χ1) is 11.7. The highest BCUT2D eigenvalue weighted by molar-refractivity contribution is 7.99. The van der Waals surface area contributed by atoms with Gasteiger partial charge in [0.1, 0.15) is 0 Å². The Labute approximate surface area is 148 Å². The molecule has 0 aliphatic rings. The van der Waals surface area contributed by atoms with Crippen LogP contribution in [-0.2, 0) is 0 Å². The average Bonchev–Trinajstić information content (AvgIpc) is 3.24. The molecule has 120 valence electrons. The minimum absolute atomic E-state index is 0.795. The molecule has 0 bridgehead atoms. The van der Waals surface area contributed by atoms with E-state index >= 15 is 0 Å². The van der Waals surface area contributed by atoms with Crippen LogP contribution in [0.15, 0.2) is 53.0 Å². The molecule has 0 aliphatic heterocycles. The third-order valence-electron chi connectivity index (χ3n) is 3.67. The lowest BCUT2D eigenvalue weighted by molar-refractivity contribution is 0.850. The summed E-state index contributed by atoms with van der Waals surface area (Å²) in [5.74, 6) is 1.79. The van der Waals surface area contributed by atoms with Gasteiger partial charge in [0.05, 0.1) is 10.6 Å². The number of aryl methyl sites for hydroxylation is 1. The standard InChI is InChI=1S/C18H16N4S2/c1-3-23-18-19-16-11-14(13-8-6-12(2)7-9-13)21-22(16)17(20-18)15-5-4-10-24-15/h4-11H,3H2,1-2H3. The number of hydrogen-bond donors (Lipinski definition) is 0. The van der Waals surface area contributed by atoms with Gasteiger partial charge in [-0.2, -0.15) is 9.61 Å². The van der Waals surface area contributed by atoms with E-state index in [2.05, 4.69) is 54.5 Å². The van der Waals surface area contributed by atoms with Gasteiger partial charge in [-0.05, 0) is 24.1 Å². The molecule has 1 aromatic carbocycles. The molecule has 0 saturated heterocycles.